The highest BCUT2D eigenvalue weighted by Gasteiger charge is 2.38. The van der Waals surface area contributed by atoms with Gasteiger partial charge in [-0.15, -0.1) is 0 Å². The number of carbonyl (C=O) groups is 1. The molecule has 0 saturated heterocycles. The molecule has 1 fully saturated rings. The fraction of sp³-hybridized carbons (Fsp3) is 0.900. The van der Waals surface area contributed by atoms with Gasteiger partial charge in [-0.3, -0.25) is 4.79 Å². The maximum atomic E-state index is 11.5. The molecule has 0 aromatic rings. The van der Waals surface area contributed by atoms with Crippen molar-refractivity contribution in [2.45, 2.75) is 45.1 Å². The minimum Gasteiger partial charge on any atom is -0.380 e. The summed E-state index contributed by atoms with van der Waals surface area (Å²) < 4.78 is 0. The average molecular weight is 185 g/mol. The van der Waals surface area contributed by atoms with E-state index in [2.05, 4.69) is 12.2 Å². The van der Waals surface area contributed by atoms with E-state index in [9.17, 15) is 9.90 Å². The largest absolute Gasteiger partial charge is 0.380 e. The summed E-state index contributed by atoms with van der Waals surface area (Å²) in [5.74, 6) is 0.455. The fourth-order valence-corrected chi connectivity index (χ4v) is 1.79. The van der Waals surface area contributed by atoms with Crippen LogP contribution in [0.25, 0.3) is 0 Å². The Kier molecular flexibility index (Phi) is 3.31. The van der Waals surface area contributed by atoms with Crippen molar-refractivity contribution in [2.24, 2.45) is 5.92 Å². The highest BCUT2D eigenvalue weighted by atomic mass is 16.3. The van der Waals surface area contributed by atoms with Gasteiger partial charge in [0.25, 0.3) is 5.91 Å². The Balaban J connectivity index is 2.51. The van der Waals surface area contributed by atoms with Gasteiger partial charge in [0.05, 0.1) is 0 Å². The lowest BCUT2D eigenvalue weighted by Crippen LogP contribution is -2.48. The van der Waals surface area contributed by atoms with Crippen molar-refractivity contribution in [2.75, 3.05) is 6.54 Å². The molecule has 2 N–H and O–H groups in total. The Labute approximate surface area is 79.5 Å². The van der Waals surface area contributed by atoms with Crippen LogP contribution in [-0.4, -0.2) is 23.2 Å². The Hall–Kier alpha value is -0.570. The number of amides is 1. The molecule has 0 aliphatic heterocycles. The summed E-state index contributed by atoms with van der Waals surface area (Å²) in [4.78, 5) is 11.5. The molecule has 13 heavy (non-hydrogen) atoms. The van der Waals surface area contributed by atoms with Crippen LogP contribution in [0.4, 0.5) is 0 Å². The third-order valence-corrected chi connectivity index (χ3v) is 2.86. The van der Waals surface area contributed by atoms with Crippen molar-refractivity contribution >= 4 is 5.91 Å². The van der Waals surface area contributed by atoms with E-state index in [1.165, 1.54) is 0 Å². The minimum absolute atomic E-state index is 0.193. The van der Waals surface area contributed by atoms with Gasteiger partial charge in [0.2, 0.25) is 0 Å². The topological polar surface area (TPSA) is 49.3 Å². The molecule has 0 radical (unpaired) electrons. The van der Waals surface area contributed by atoms with E-state index in [0.29, 0.717) is 25.3 Å². The normalized spacial score (nSPS) is 34.2. The first-order valence-corrected chi connectivity index (χ1v) is 5.09. The maximum Gasteiger partial charge on any atom is 0.251 e. The summed E-state index contributed by atoms with van der Waals surface area (Å²) in [5.41, 5.74) is -1.08. The first kappa shape index (κ1) is 10.5. The number of aliphatic hydroxyl groups is 1. The first-order valence-electron chi connectivity index (χ1n) is 5.09. The third kappa shape index (κ3) is 2.44. The second-order valence-electron chi connectivity index (χ2n) is 4.07. The van der Waals surface area contributed by atoms with E-state index in [0.717, 1.165) is 12.8 Å². The number of rotatable bonds is 2. The molecule has 1 rings (SSSR count). The number of carbonyl (C=O) groups excluding carboxylic acids is 1. The van der Waals surface area contributed by atoms with Gasteiger partial charge in [0, 0.05) is 6.54 Å². The van der Waals surface area contributed by atoms with E-state index in [1.54, 1.807) is 0 Å². The number of nitrogens with one attached hydrogen (secondary N) is 1. The maximum absolute atomic E-state index is 11.5. The van der Waals surface area contributed by atoms with Crippen molar-refractivity contribution in [3.05, 3.63) is 0 Å². The fourth-order valence-electron chi connectivity index (χ4n) is 1.79. The zero-order valence-corrected chi connectivity index (χ0v) is 8.47. The molecular formula is C10H19NO2. The van der Waals surface area contributed by atoms with E-state index >= 15 is 0 Å². The molecule has 1 aliphatic carbocycles. The van der Waals surface area contributed by atoms with Gasteiger partial charge in [0.1, 0.15) is 5.60 Å². The van der Waals surface area contributed by atoms with Crippen LogP contribution in [0.3, 0.4) is 0 Å². The van der Waals surface area contributed by atoms with Gasteiger partial charge in [-0.2, -0.15) is 0 Å². The standard InChI is InChI=1S/C10H19NO2/c1-3-11-9(12)10(13)6-4-8(2)5-7-10/h8,13H,3-7H2,1-2H3,(H,11,12). The molecule has 0 spiro atoms. The van der Waals surface area contributed by atoms with Crippen molar-refractivity contribution < 1.29 is 9.90 Å². The van der Waals surface area contributed by atoms with Gasteiger partial charge in [-0.25, -0.2) is 0 Å². The van der Waals surface area contributed by atoms with E-state index in [-0.39, 0.29) is 5.91 Å². The zero-order chi connectivity index (χ0) is 9.90. The Bertz CT molecular complexity index is 183. The van der Waals surface area contributed by atoms with Crippen LogP contribution in [0.15, 0.2) is 0 Å². The van der Waals surface area contributed by atoms with Gasteiger partial charge in [-0.1, -0.05) is 6.92 Å². The monoisotopic (exact) mass is 185 g/mol. The van der Waals surface area contributed by atoms with Gasteiger partial charge in [-0.05, 0) is 38.5 Å². The SMILES string of the molecule is CCNC(=O)C1(O)CCC(C)CC1. The lowest BCUT2D eigenvalue weighted by molar-refractivity contribution is -0.143. The van der Waals surface area contributed by atoms with Crippen molar-refractivity contribution in [1.29, 1.82) is 0 Å². The van der Waals surface area contributed by atoms with Crippen LogP contribution in [0, 0.1) is 5.92 Å². The van der Waals surface area contributed by atoms with Crippen LogP contribution in [0.5, 0.6) is 0 Å². The molecule has 1 amide bonds. The Morgan fingerprint density at radius 1 is 1.54 bits per heavy atom. The zero-order valence-electron chi connectivity index (χ0n) is 8.47. The lowest BCUT2D eigenvalue weighted by Gasteiger charge is -2.33. The van der Waals surface area contributed by atoms with E-state index in [1.807, 2.05) is 6.92 Å². The van der Waals surface area contributed by atoms with Gasteiger partial charge >= 0.3 is 0 Å². The second-order valence-corrected chi connectivity index (χ2v) is 4.07. The van der Waals surface area contributed by atoms with E-state index in [4.69, 9.17) is 0 Å². The molecule has 76 valence electrons. The van der Waals surface area contributed by atoms with E-state index < -0.39 is 5.60 Å². The quantitative estimate of drug-likeness (QED) is 0.676. The van der Waals surface area contributed by atoms with Crippen molar-refractivity contribution in [3.63, 3.8) is 0 Å². The Morgan fingerprint density at radius 3 is 2.54 bits per heavy atom. The number of hydrogen-bond acceptors (Lipinski definition) is 2. The predicted octanol–water partition coefficient (Wildman–Crippen LogP) is 1.06. The highest BCUT2D eigenvalue weighted by Crippen LogP contribution is 2.31. The van der Waals surface area contributed by atoms with Crippen LogP contribution in [0.2, 0.25) is 0 Å². The van der Waals surface area contributed by atoms with Crippen molar-refractivity contribution in [1.82, 2.24) is 5.32 Å². The smallest absolute Gasteiger partial charge is 0.251 e. The Morgan fingerprint density at radius 2 is 2.08 bits per heavy atom. The second kappa shape index (κ2) is 4.09. The first-order chi connectivity index (χ1) is 6.08. The molecule has 1 saturated carbocycles. The molecule has 0 aromatic heterocycles. The van der Waals surface area contributed by atoms with Crippen LogP contribution >= 0.6 is 0 Å². The van der Waals surface area contributed by atoms with Crippen LogP contribution in [-0.2, 0) is 4.79 Å². The van der Waals surface area contributed by atoms with Gasteiger partial charge in [0.15, 0.2) is 0 Å². The van der Waals surface area contributed by atoms with Crippen LogP contribution < -0.4 is 5.32 Å². The third-order valence-electron chi connectivity index (χ3n) is 2.86. The number of hydrogen-bond donors (Lipinski definition) is 2. The summed E-state index contributed by atoms with van der Waals surface area (Å²) in [7, 11) is 0. The predicted molar refractivity (Wildman–Crippen MR) is 51.3 cm³/mol. The summed E-state index contributed by atoms with van der Waals surface area (Å²) in [6.07, 6.45) is 3.13. The molecule has 0 bridgehead atoms. The van der Waals surface area contributed by atoms with Gasteiger partial charge < -0.3 is 10.4 Å². The highest BCUT2D eigenvalue weighted by molar-refractivity contribution is 5.84. The molecule has 0 atom stereocenters. The summed E-state index contributed by atoms with van der Waals surface area (Å²) in [6.45, 7) is 4.63. The van der Waals surface area contributed by atoms with Crippen molar-refractivity contribution in [3.8, 4) is 0 Å². The number of likely N-dealkylation sites (N-methyl/N-ethyl adjacent to an activating group) is 1. The molecule has 0 aromatic carbocycles. The summed E-state index contributed by atoms with van der Waals surface area (Å²) in [6, 6.07) is 0. The molecule has 3 heteroatoms. The lowest BCUT2D eigenvalue weighted by atomic mass is 9.79. The molecule has 1 aliphatic rings. The summed E-state index contributed by atoms with van der Waals surface area (Å²) >= 11 is 0. The van der Waals surface area contributed by atoms with Crippen LogP contribution in [0.1, 0.15) is 39.5 Å². The molecule has 3 nitrogen and oxygen atoms in total. The molecule has 0 unspecified atom stereocenters. The minimum atomic E-state index is -1.08. The summed E-state index contributed by atoms with van der Waals surface area (Å²) in [5, 5.41) is 12.7. The average Bonchev–Trinajstić information content (AvgIpc) is 2.11. The molecule has 0 heterocycles. The molecular weight excluding hydrogens is 166 g/mol.